The number of rotatable bonds is 6. The van der Waals surface area contributed by atoms with E-state index < -0.39 is 24.3 Å². The SMILES string of the molecule is COc1ccc(C(=O)OCC(=O)Nc2cc(Cl)ccc2F)cc1OC. The summed E-state index contributed by atoms with van der Waals surface area (Å²) in [6.07, 6.45) is 0. The molecule has 0 aliphatic carbocycles. The maximum atomic E-state index is 13.5. The van der Waals surface area contributed by atoms with Crippen LogP contribution in [0.5, 0.6) is 11.5 Å². The Labute approximate surface area is 148 Å². The highest BCUT2D eigenvalue weighted by Crippen LogP contribution is 2.27. The molecule has 132 valence electrons. The summed E-state index contributed by atoms with van der Waals surface area (Å²) in [7, 11) is 2.90. The lowest BCUT2D eigenvalue weighted by molar-refractivity contribution is -0.119. The summed E-state index contributed by atoms with van der Waals surface area (Å²) in [5.74, 6) is -1.28. The minimum atomic E-state index is -0.734. The summed E-state index contributed by atoms with van der Waals surface area (Å²) in [5, 5.41) is 2.54. The zero-order chi connectivity index (χ0) is 18.4. The molecule has 1 N–H and O–H groups in total. The van der Waals surface area contributed by atoms with Gasteiger partial charge in [-0.05, 0) is 36.4 Å². The van der Waals surface area contributed by atoms with Crippen LogP contribution in [-0.2, 0) is 9.53 Å². The summed E-state index contributed by atoms with van der Waals surface area (Å²) < 4.78 is 28.6. The number of halogens is 2. The van der Waals surface area contributed by atoms with Crippen molar-refractivity contribution in [1.82, 2.24) is 0 Å². The molecule has 0 atom stereocenters. The van der Waals surface area contributed by atoms with Crippen LogP contribution in [0.4, 0.5) is 10.1 Å². The Hall–Kier alpha value is -2.80. The highest BCUT2D eigenvalue weighted by Gasteiger charge is 2.14. The predicted molar refractivity (Wildman–Crippen MR) is 89.9 cm³/mol. The van der Waals surface area contributed by atoms with Crippen LogP contribution in [0.1, 0.15) is 10.4 Å². The molecule has 0 aromatic heterocycles. The van der Waals surface area contributed by atoms with Crippen molar-refractivity contribution in [2.45, 2.75) is 0 Å². The molecule has 0 aliphatic rings. The Morgan fingerprint density at radius 2 is 1.80 bits per heavy atom. The third kappa shape index (κ3) is 4.84. The lowest BCUT2D eigenvalue weighted by Crippen LogP contribution is -2.21. The quantitative estimate of drug-likeness (QED) is 0.793. The number of amides is 1. The molecule has 0 heterocycles. The maximum absolute atomic E-state index is 13.5. The Morgan fingerprint density at radius 1 is 1.08 bits per heavy atom. The van der Waals surface area contributed by atoms with Crippen molar-refractivity contribution in [3.63, 3.8) is 0 Å². The zero-order valence-corrected chi connectivity index (χ0v) is 14.2. The second-order valence-electron chi connectivity index (χ2n) is 4.82. The largest absolute Gasteiger partial charge is 0.493 e. The minimum absolute atomic E-state index is 0.0975. The standard InChI is InChI=1S/C17H15ClFNO5/c1-23-14-6-3-10(7-15(14)24-2)17(22)25-9-16(21)20-13-8-11(18)4-5-12(13)19/h3-8H,9H2,1-2H3,(H,20,21). The van der Waals surface area contributed by atoms with E-state index in [0.29, 0.717) is 11.5 Å². The molecule has 2 aromatic carbocycles. The number of carbonyl (C=O) groups excluding carboxylic acids is 2. The van der Waals surface area contributed by atoms with E-state index in [9.17, 15) is 14.0 Å². The fraction of sp³-hybridized carbons (Fsp3) is 0.176. The van der Waals surface area contributed by atoms with Gasteiger partial charge in [-0.15, -0.1) is 0 Å². The van der Waals surface area contributed by atoms with E-state index in [0.717, 1.165) is 6.07 Å². The summed E-state index contributed by atoms with van der Waals surface area (Å²) >= 11 is 5.74. The summed E-state index contributed by atoms with van der Waals surface area (Å²) in [5.41, 5.74) is 0.0825. The van der Waals surface area contributed by atoms with Gasteiger partial charge in [-0.2, -0.15) is 0 Å². The molecule has 0 saturated heterocycles. The average molecular weight is 368 g/mol. The van der Waals surface area contributed by atoms with E-state index in [2.05, 4.69) is 5.32 Å². The van der Waals surface area contributed by atoms with Crippen LogP contribution in [0.15, 0.2) is 36.4 Å². The van der Waals surface area contributed by atoms with Gasteiger partial charge in [-0.1, -0.05) is 11.6 Å². The van der Waals surface area contributed by atoms with Gasteiger partial charge in [0.2, 0.25) is 0 Å². The van der Waals surface area contributed by atoms with Gasteiger partial charge >= 0.3 is 5.97 Å². The topological polar surface area (TPSA) is 73.9 Å². The monoisotopic (exact) mass is 367 g/mol. The molecule has 0 spiro atoms. The van der Waals surface area contributed by atoms with Crippen molar-refractivity contribution >= 4 is 29.2 Å². The third-order valence-electron chi connectivity index (χ3n) is 3.16. The number of carbonyl (C=O) groups is 2. The maximum Gasteiger partial charge on any atom is 0.338 e. The number of ether oxygens (including phenoxy) is 3. The fourth-order valence-electron chi connectivity index (χ4n) is 1.96. The number of nitrogens with one attached hydrogen (secondary N) is 1. The van der Waals surface area contributed by atoms with Crippen LogP contribution >= 0.6 is 11.6 Å². The average Bonchev–Trinajstić information content (AvgIpc) is 2.62. The Bertz CT molecular complexity index is 797. The number of hydrogen-bond donors (Lipinski definition) is 1. The molecule has 1 amide bonds. The first-order valence-corrected chi connectivity index (χ1v) is 7.46. The normalized spacial score (nSPS) is 10.1. The van der Waals surface area contributed by atoms with E-state index in [1.165, 1.54) is 44.6 Å². The second kappa shape index (κ2) is 8.34. The van der Waals surface area contributed by atoms with Crippen molar-refractivity contribution in [3.8, 4) is 11.5 Å². The molecule has 8 heteroatoms. The van der Waals surface area contributed by atoms with Crippen LogP contribution < -0.4 is 14.8 Å². The molecular formula is C17H15ClFNO5. The highest BCUT2D eigenvalue weighted by atomic mass is 35.5. The predicted octanol–water partition coefficient (Wildman–Crippen LogP) is 3.29. The molecule has 0 fully saturated rings. The van der Waals surface area contributed by atoms with Crippen molar-refractivity contribution < 1.29 is 28.2 Å². The smallest absolute Gasteiger partial charge is 0.338 e. The summed E-state index contributed by atoms with van der Waals surface area (Å²) in [4.78, 5) is 23.8. The number of benzene rings is 2. The molecule has 0 bridgehead atoms. The molecule has 0 radical (unpaired) electrons. The lowest BCUT2D eigenvalue weighted by Gasteiger charge is -2.10. The van der Waals surface area contributed by atoms with Gasteiger partial charge in [0.1, 0.15) is 5.82 Å². The first-order chi connectivity index (χ1) is 11.9. The summed E-state index contributed by atoms with van der Waals surface area (Å²) in [6, 6.07) is 8.16. The van der Waals surface area contributed by atoms with Crippen molar-refractivity contribution in [2.24, 2.45) is 0 Å². The van der Waals surface area contributed by atoms with Gasteiger partial charge in [0.25, 0.3) is 5.91 Å². The van der Waals surface area contributed by atoms with E-state index in [4.69, 9.17) is 25.8 Å². The van der Waals surface area contributed by atoms with Crippen LogP contribution in [0.2, 0.25) is 5.02 Å². The molecule has 6 nitrogen and oxygen atoms in total. The fourth-order valence-corrected chi connectivity index (χ4v) is 2.13. The Morgan fingerprint density at radius 3 is 2.48 bits per heavy atom. The third-order valence-corrected chi connectivity index (χ3v) is 3.39. The van der Waals surface area contributed by atoms with Gasteiger partial charge in [0.05, 0.1) is 25.5 Å². The van der Waals surface area contributed by atoms with E-state index >= 15 is 0 Å². The van der Waals surface area contributed by atoms with Crippen LogP contribution in [0.25, 0.3) is 0 Å². The van der Waals surface area contributed by atoms with E-state index in [-0.39, 0.29) is 16.3 Å². The van der Waals surface area contributed by atoms with Crippen LogP contribution in [0.3, 0.4) is 0 Å². The molecule has 0 saturated carbocycles. The number of anilines is 1. The van der Waals surface area contributed by atoms with Crippen molar-refractivity contribution in [2.75, 3.05) is 26.1 Å². The van der Waals surface area contributed by atoms with E-state index in [1.807, 2.05) is 0 Å². The molecule has 2 aromatic rings. The van der Waals surface area contributed by atoms with Gasteiger partial charge in [0.15, 0.2) is 18.1 Å². The second-order valence-corrected chi connectivity index (χ2v) is 5.25. The molecule has 2 rings (SSSR count). The van der Waals surface area contributed by atoms with Crippen LogP contribution in [0, 0.1) is 5.82 Å². The highest BCUT2D eigenvalue weighted by molar-refractivity contribution is 6.30. The number of methoxy groups -OCH3 is 2. The van der Waals surface area contributed by atoms with Gasteiger partial charge in [-0.25, -0.2) is 9.18 Å². The minimum Gasteiger partial charge on any atom is -0.493 e. The van der Waals surface area contributed by atoms with E-state index in [1.54, 1.807) is 0 Å². The van der Waals surface area contributed by atoms with Crippen molar-refractivity contribution in [1.29, 1.82) is 0 Å². The van der Waals surface area contributed by atoms with Gasteiger partial charge in [0, 0.05) is 5.02 Å². The van der Waals surface area contributed by atoms with Crippen LogP contribution in [-0.4, -0.2) is 32.7 Å². The zero-order valence-electron chi connectivity index (χ0n) is 13.5. The first kappa shape index (κ1) is 18.5. The molecule has 0 aliphatic heterocycles. The first-order valence-electron chi connectivity index (χ1n) is 7.08. The molecular weight excluding hydrogens is 353 g/mol. The number of esters is 1. The Balaban J connectivity index is 1.97. The lowest BCUT2D eigenvalue weighted by atomic mass is 10.2. The van der Waals surface area contributed by atoms with Gasteiger partial charge in [-0.3, -0.25) is 4.79 Å². The number of hydrogen-bond acceptors (Lipinski definition) is 5. The van der Waals surface area contributed by atoms with Gasteiger partial charge < -0.3 is 19.5 Å². The molecule has 0 unspecified atom stereocenters. The molecule has 25 heavy (non-hydrogen) atoms. The Kier molecular flexibility index (Phi) is 6.19. The summed E-state index contributed by atoms with van der Waals surface area (Å²) in [6.45, 7) is -0.584. The van der Waals surface area contributed by atoms with Crippen molar-refractivity contribution in [3.05, 3.63) is 52.8 Å².